The summed E-state index contributed by atoms with van der Waals surface area (Å²) in [5.74, 6) is -1.90. The number of alkyl halides is 3. The lowest BCUT2D eigenvalue weighted by molar-refractivity contribution is -0.192. The summed E-state index contributed by atoms with van der Waals surface area (Å²) in [5, 5.41) is 14.5. The molecule has 3 rings (SSSR count). The van der Waals surface area contributed by atoms with Crippen molar-refractivity contribution >= 4 is 23.0 Å². The molecule has 0 spiro atoms. The van der Waals surface area contributed by atoms with E-state index in [2.05, 4.69) is 40.2 Å². The van der Waals surface area contributed by atoms with Crippen LogP contribution in [-0.4, -0.2) is 62.8 Å². The maximum Gasteiger partial charge on any atom is 0.490 e. The molecule has 160 valence electrons. The maximum atomic E-state index is 12.5. The van der Waals surface area contributed by atoms with Crippen molar-refractivity contribution in [3.63, 3.8) is 0 Å². The van der Waals surface area contributed by atoms with Gasteiger partial charge in [0.15, 0.2) is 0 Å². The van der Waals surface area contributed by atoms with Crippen LogP contribution in [0.25, 0.3) is 11.0 Å². The van der Waals surface area contributed by atoms with Crippen LogP contribution in [0.5, 0.6) is 0 Å². The van der Waals surface area contributed by atoms with Crippen molar-refractivity contribution in [1.82, 2.24) is 24.6 Å². The molecular weight excluding hydrogens is 393 g/mol. The van der Waals surface area contributed by atoms with Crippen molar-refractivity contribution in [2.45, 2.75) is 26.6 Å². The third-order valence-corrected chi connectivity index (χ3v) is 4.15. The lowest BCUT2D eigenvalue weighted by Gasteiger charge is -2.28. The third-order valence-electron chi connectivity index (χ3n) is 4.15. The van der Waals surface area contributed by atoms with E-state index >= 15 is 0 Å². The van der Waals surface area contributed by atoms with Crippen LogP contribution >= 0.6 is 0 Å². The minimum atomic E-state index is -5.08. The fraction of sp³-hybridized carbons (Fsp3) is 0.529. The highest BCUT2D eigenvalue weighted by Crippen LogP contribution is 2.20. The van der Waals surface area contributed by atoms with Gasteiger partial charge in [0.2, 0.25) is 5.95 Å². The number of piperazine rings is 1. The number of carboxylic acids is 1. The predicted octanol–water partition coefficient (Wildman–Crippen LogP) is 1.14. The summed E-state index contributed by atoms with van der Waals surface area (Å²) in [6, 6.07) is 0. The van der Waals surface area contributed by atoms with Crippen LogP contribution in [0.3, 0.4) is 0 Å². The number of nitrogens with one attached hydrogen (secondary N) is 1. The van der Waals surface area contributed by atoms with Crippen LogP contribution in [0.4, 0.5) is 19.1 Å². The first-order valence-electron chi connectivity index (χ1n) is 8.84. The van der Waals surface area contributed by atoms with Gasteiger partial charge >= 0.3 is 12.1 Å². The predicted molar refractivity (Wildman–Crippen MR) is 101 cm³/mol. The normalized spacial score (nSPS) is 14.3. The van der Waals surface area contributed by atoms with E-state index in [1.165, 1.54) is 10.3 Å². The molecule has 3 heterocycles. The fourth-order valence-corrected chi connectivity index (χ4v) is 2.67. The molecule has 1 fully saturated rings. The average Bonchev–Trinajstić information content (AvgIpc) is 3.03. The smallest absolute Gasteiger partial charge is 0.475 e. The van der Waals surface area contributed by atoms with E-state index in [1.54, 1.807) is 13.2 Å². The Bertz CT molecular complexity index is 954. The second kappa shape index (κ2) is 9.07. The number of carbonyl (C=O) groups is 1. The highest BCUT2D eigenvalue weighted by atomic mass is 19.4. The molecule has 29 heavy (non-hydrogen) atoms. The minimum Gasteiger partial charge on any atom is -0.475 e. The zero-order valence-corrected chi connectivity index (χ0v) is 16.3. The van der Waals surface area contributed by atoms with Gasteiger partial charge in [-0.05, 0) is 13.8 Å². The molecule has 0 unspecified atom stereocenters. The summed E-state index contributed by atoms with van der Waals surface area (Å²) >= 11 is 0. The first kappa shape index (κ1) is 22.4. The highest BCUT2D eigenvalue weighted by molar-refractivity contribution is 5.77. The SMILES string of the molecule is CC(C)=CCn1c(N2CCNCC2)nc2cnn(C)c(=O)c21.O=C(O)C(F)(F)F. The van der Waals surface area contributed by atoms with Crippen molar-refractivity contribution < 1.29 is 23.1 Å². The van der Waals surface area contributed by atoms with Gasteiger partial charge in [-0.25, -0.2) is 14.5 Å². The molecule has 0 bridgehead atoms. The van der Waals surface area contributed by atoms with Crippen LogP contribution in [0, 0.1) is 0 Å². The Morgan fingerprint density at radius 2 is 1.90 bits per heavy atom. The van der Waals surface area contributed by atoms with Gasteiger partial charge in [-0.2, -0.15) is 18.3 Å². The van der Waals surface area contributed by atoms with Gasteiger partial charge in [0.05, 0.1) is 6.20 Å². The number of allylic oxidation sites excluding steroid dienone is 2. The second-order valence-electron chi connectivity index (χ2n) is 6.65. The van der Waals surface area contributed by atoms with Crippen molar-refractivity contribution in [3.8, 4) is 0 Å². The van der Waals surface area contributed by atoms with Crippen LogP contribution in [0.2, 0.25) is 0 Å². The summed E-state index contributed by atoms with van der Waals surface area (Å²) in [6.07, 6.45) is -1.30. The Labute approximate surface area is 164 Å². The average molecular weight is 416 g/mol. The fourth-order valence-electron chi connectivity index (χ4n) is 2.67. The van der Waals surface area contributed by atoms with E-state index in [0.717, 1.165) is 32.1 Å². The molecule has 0 aliphatic carbocycles. The molecule has 0 amide bonds. The van der Waals surface area contributed by atoms with Crippen molar-refractivity contribution in [1.29, 1.82) is 0 Å². The zero-order chi connectivity index (χ0) is 21.8. The van der Waals surface area contributed by atoms with E-state index < -0.39 is 12.1 Å². The highest BCUT2D eigenvalue weighted by Gasteiger charge is 2.38. The Morgan fingerprint density at radius 3 is 2.41 bits per heavy atom. The number of imidazole rings is 1. The van der Waals surface area contributed by atoms with E-state index in [9.17, 15) is 18.0 Å². The minimum absolute atomic E-state index is 0.103. The van der Waals surface area contributed by atoms with Gasteiger partial charge in [-0.3, -0.25) is 4.79 Å². The summed E-state index contributed by atoms with van der Waals surface area (Å²) in [4.78, 5) is 28.3. The number of carboxylic acid groups (broad SMARTS) is 1. The van der Waals surface area contributed by atoms with E-state index in [4.69, 9.17) is 9.90 Å². The molecule has 1 aliphatic rings. The molecule has 0 saturated carbocycles. The third kappa shape index (κ3) is 5.56. The molecular formula is C17H23F3N6O3. The number of nitrogens with zero attached hydrogens (tertiary/aromatic N) is 5. The summed E-state index contributed by atoms with van der Waals surface area (Å²) in [6.45, 7) is 8.42. The van der Waals surface area contributed by atoms with Crippen LogP contribution in [0.1, 0.15) is 13.8 Å². The van der Waals surface area contributed by atoms with Gasteiger partial charge in [0.25, 0.3) is 5.56 Å². The molecule has 2 aromatic heterocycles. The lowest BCUT2D eigenvalue weighted by atomic mass is 10.3. The summed E-state index contributed by atoms with van der Waals surface area (Å²) in [5.41, 5.74) is 2.41. The summed E-state index contributed by atoms with van der Waals surface area (Å²) in [7, 11) is 1.67. The van der Waals surface area contributed by atoms with E-state index in [0.29, 0.717) is 17.6 Å². The maximum absolute atomic E-state index is 12.5. The standard InChI is InChI=1S/C15H22N6O.C2HF3O2/c1-11(2)4-7-21-13-12(10-17-19(3)14(13)22)18-15(21)20-8-5-16-6-9-20;3-2(4,5)1(6)7/h4,10,16H,5-9H2,1-3H3;(H,6,7). The number of fused-ring (bicyclic) bond motifs is 1. The van der Waals surface area contributed by atoms with Crippen LogP contribution < -0.4 is 15.8 Å². The van der Waals surface area contributed by atoms with Gasteiger partial charge in [0, 0.05) is 39.8 Å². The molecule has 1 saturated heterocycles. The largest absolute Gasteiger partial charge is 0.490 e. The molecule has 2 aromatic rings. The molecule has 0 aromatic carbocycles. The van der Waals surface area contributed by atoms with Crippen LogP contribution in [-0.2, 0) is 18.4 Å². The molecule has 0 atom stereocenters. The number of anilines is 1. The Balaban J connectivity index is 0.000000370. The summed E-state index contributed by atoms with van der Waals surface area (Å²) < 4.78 is 35.1. The van der Waals surface area contributed by atoms with Gasteiger partial charge in [-0.1, -0.05) is 11.6 Å². The molecule has 2 N–H and O–H groups in total. The Kier molecular flexibility index (Phi) is 7.01. The number of aromatic nitrogens is 4. The van der Waals surface area contributed by atoms with Crippen molar-refractivity contribution in [2.75, 3.05) is 31.1 Å². The van der Waals surface area contributed by atoms with E-state index in [-0.39, 0.29) is 5.56 Å². The quantitative estimate of drug-likeness (QED) is 0.723. The molecule has 9 nitrogen and oxygen atoms in total. The first-order chi connectivity index (χ1) is 13.5. The number of aliphatic carboxylic acids is 1. The van der Waals surface area contributed by atoms with E-state index in [1.807, 2.05) is 4.57 Å². The molecule has 12 heteroatoms. The topological polar surface area (TPSA) is 105 Å². The van der Waals surface area contributed by atoms with Gasteiger partial charge in [-0.15, -0.1) is 0 Å². The van der Waals surface area contributed by atoms with Crippen molar-refractivity contribution in [3.05, 3.63) is 28.2 Å². The lowest BCUT2D eigenvalue weighted by Crippen LogP contribution is -2.44. The Hall–Kier alpha value is -2.89. The van der Waals surface area contributed by atoms with Crippen LogP contribution in [0.15, 0.2) is 22.6 Å². The number of halogens is 3. The molecule has 0 radical (unpaired) electrons. The Morgan fingerprint density at radius 1 is 1.31 bits per heavy atom. The number of hydrogen-bond acceptors (Lipinski definition) is 6. The number of hydrogen-bond donors (Lipinski definition) is 2. The number of aryl methyl sites for hydroxylation is 1. The second-order valence-corrected chi connectivity index (χ2v) is 6.65. The van der Waals surface area contributed by atoms with Crippen molar-refractivity contribution in [2.24, 2.45) is 7.05 Å². The van der Waals surface area contributed by atoms with Gasteiger partial charge in [0.1, 0.15) is 11.0 Å². The van der Waals surface area contributed by atoms with Gasteiger partial charge < -0.3 is 19.9 Å². The molecule has 1 aliphatic heterocycles. The first-order valence-corrected chi connectivity index (χ1v) is 8.84. The zero-order valence-electron chi connectivity index (χ0n) is 16.3. The monoisotopic (exact) mass is 416 g/mol. The number of rotatable bonds is 3.